The first-order valence-electron chi connectivity index (χ1n) is 5.67. The van der Waals surface area contributed by atoms with Gasteiger partial charge in [-0.1, -0.05) is 13.3 Å². The summed E-state index contributed by atoms with van der Waals surface area (Å²) >= 11 is 0. The van der Waals surface area contributed by atoms with Crippen molar-refractivity contribution in [2.75, 3.05) is 6.54 Å². The smallest absolute Gasteiger partial charge is 0.324 e. The third-order valence-corrected chi connectivity index (χ3v) is 2.59. The van der Waals surface area contributed by atoms with Gasteiger partial charge in [0.25, 0.3) is 5.91 Å². The maximum Gasteiger partial charge on any atom is 0.324 e. The molecule has 1 N–H and O–H groups in total. The first kappa shape index (κ1) is 12.7. The van der Waals surface area contributed by atoms with Gasteiger partial charge in [-0.05, 0) is 19.8 Å². The number of nitrogens with zero attached hydrogens (tertiary/aromatic N) is 1. The van der Waals surface area contributed by atoms with Gasteiger partial charge in [0.15, 0.2) is 0 Å². The summed E-state index contributed by atoms with van der Waals surface area (Å²) in [4.78, 5) is 35.1. The van der Waals surface area contributed by atoms with Gasteiger partial charge in [0.1, 0.15) is 11.8 Å². The van der Waals surface area contributed by atoms with Crippen LogP contribution in [0.2, 0.25) is 0 Å². The molecule has 0 aliphatic carbocycles. The van der Waals surface area contributed by atoms with Crippen LogP contribution in [-0.2, 0) is 9.59 Å². The molecule has 5 heteroatoms. The summed E-state index contributed by atoms with van der Waals surface area (Å²) in [5, 5.41) is 2.65. The number of urea groups is 1. The topological polar surface area (TPSA) is 66.5 Å². The fourth-order valence-electron chi connectivity index (χ4n) is 1.76. The van der Waals surface area contributed by atoms with Crippen LogP contribution in [0.4, 0.5) is 4.79 Å². The summed E-state index contributed by atoms with van der Waals surface area (Å²) in [6.45, 7) is 3.81. The minimum Gasteiger partial charge on any atom is -0.326 e. The third-order valence-electron chi connectivity index (χ3n) is 2.59. The fraction of sp³-hybridized carbons (Fsp3) is 0.727. The molecule has 1 rings (SSSR count). The maximum absolute atomic E-state index is 11.7. The monoisotopic (exact) mass is 226 g/mol. The highest BCUT2D eigenvalue weighted by molar-refractivity contribution is 6.04. The molecule has 1 heterocycles. The standard InChI is InChI=1S/C11H18N2O3/c1-3-5-9-10(15)13(11(16)12-9)7-4-6-8(2)14/h9H,3-7H2,1-2H3,(H,12,16). The highest BCUT2D eigenvalue weighted by atomic mass is 16.2. The third kappa shape index (κ3) is 3.05. The summed E-state index contributed by atoms with van der Waals surface area (Å²) in [6, 6.07) is -0.693. The lowest BCUT2D eigenvalue weighted by Gasteiger charge is -2.11. The Labute approximate surface area is 95.2 Å². The molecule has 5 nitrogen and oxygen atoms in total. The molecule has 1 fully saturated rings. The van der Waals surface area contributed by atoms with E-state index in [4.69, 9.17) is 0 Å². The first-order valence-corrected chi connectivity index (χ1v) is 5.67. The van der Waals surface area contributed by atoms with E-state index in [2.05, 4.69) is 5.32 Å². The molecule has 0 spiro atoms. The van der Waals surface area contributed by atoms with Gasteiger partial charge in [0, 0.05) is 13.0 Å². The Kier molecular flexibility index (Phi) is 4.46. The van der Waals surface area contributed by atoms with Crippen molar-refractivity contribution in [3.8, 4) is 0 Å². The van der Waals surface area contributed by atoms with Gasteiger partial charge in [-0.25, -0.2) is 4.79 Å². The predicted octanol–water partition coefficient (Wildman–Crippen LogP) is 1.08. The Bertz CT molecular complexity index is 302. The highest BCUT2D eigenvalue weighted by Gasteiger charge is 2.36. The minimum atomic E-state index is -0.366. The Morgan fingerprint density at radius 1 is 1.44 bits per heavy atom. The second-order valence-corrected chi connectivity index (χ2v) is 4.09. The number of ketones is 1. The van der Waals surface area contributed by atoms with Gasteiger partial charge in [0.2, 0.25) is 0 Å². The number of nitrogens with one attached hydrogen (secondary N) is 1. The van der Waals surface area contributed by atoms with E-state index in [0.717, 1.165) is 6.42 Å². The molecule has 0 saturated carbocycles. The summed E-state index contributed by atoms with van der Waals surface area (Å²) in [6.07, 6.45) is 2.49. The van der Waals surface area contributed by atoms with Crippen molar-refractivity contribution < 1.29 is 14.4 Å². The number of amides is 3. The van der Waals surface area contributed by atoms with Crippen LogP contribution < -0.4 is 5.32 Å². The van der Waals surface area contributed by atoms with Crippen LogP contribution in [0.15, 0.2) is 0 Å². The van der Waals surface area contributed by atoms with Gasteiger partial charge in [0.05, 0.1) is 0 Å². The zero-order valence-corrected chi connectivity index (χ0v) is 9.78. The molecule has 16 heavy (non-hydrogen) atoms. The van der Waals surface area contributed by atoms with Crippen LogP contribution in [0, 0.1) is 0 Å². The Hall–Kier alpha value is -1.39. The largest absolute Gasteiger partial charge is 0.326 e. The van der Waals surface area contributed by atoms with Crippen molar-refractivity contribution in [3.63, 3.8) is 0 Å². The highest BCUT2D eigenvalue weighted by Crippen LogP contribution is 2.11. The SMILES string of the molecule is CCCC1NC(=O)N(CCCC(C)=O)C1=O. The summed E-state index contributed by atoms with van der Waals surface area (Å²) in [5.41, 5.74) is 0. The summed E-state index contributed by atoms with van der Waals surface area (Å²) < 4.78 is 0. The molecule has 1 aliphatic rings. The number of Topliss-reactive ketones (excluding diaryl/α,β-unsaturated/α-hetero) is 1. The van der Waals surface area contributed by atoms with Gasteiger partial charge in [-0.3, -0.25) is 9.69 Å². The molecule has 1 saturated heterocycles. The lowest BCUT2D eigenvalue weighted by atomic mass is 10.1. The van der Waals surface area contributed by atoms with Crippen LogP contribution in [0.3, 0.4) is 0 Å². The van der Waals surface area contributed by atoms with E-state index in [1.54, 1.807) is 0 Å². The second-order valence-electron chi connectivity index (χ2n) is 4.09. The molecule has 0 aromatic carbocycles. The molecule has 0 radical (unpaired) electrons. The zero-order valence-electron chi connectivity index (χ0n) is 9.78. The molecule has 90 valence electrons. The van der Waals surface area contributed by atoms with E-state index in [-0.39, 0.29) is 23.8 Å². The van der Waals surface area contributed by atoms with Gasteiger partial charge >= 0.3 is 6.03 Å². The van der Waals surface area contributed by atoms with Crippen molar-refractivity contribution in [2.24, 2.45) is 0 Å². The average molecular weight is 226 g/mol. The van der Waals surface area contributed by atoms with Gasteiger partial charge < -0.3 is 10.1 Å². The van der Waals surface area contributed by atoms with Crippen molar-refractivity contribution in [1.82, 2.24) is 10.2 Å². The van der Waals surface area contributed by atoms with E-state index in [1.807, 2.05) is 6.92 Å². The van der Waals surface area contributed by atoms with Crippen molar-refractivity contribution in [1.29, 1.82) is 0 Å². The van der Waals surface area contributed by atoms with Crippen LogP contribution >= 0.6 is 0 Å². The molecule has 0 aromatic rings. The predicted molar refractivity (Wildman–Crippen MR) is 58.9 cm³/mol. The summed E-state index contributed by atoms with van der Waals surface area (Å²) in [5.74, 6) is -0.0763. The van der Waals surface area contributed by atoms with Crippen molar-refractivity contribution in [3.05, 3.63) is 0 Å². The number of rotatable bonds is 6. The molecule has 0 aromatic heterocycles. The number of imide groups is 1. The van der Waals surface area contributed by atoms with Crippen LogP contribution in [0.25, 0.3) is 0 Å². The Morgan fingerprint density at radius 3 is 2.69 bits per heavy atom. The van der Waals surface area contributed by atoms with Gasteiger partial charge in [-0.15, -0.1) is 0 Å². The van der Waals surface area contributed by atoms with Crippen LogP contribution in [0.5, 0.6) is 0 Å². The first-order chi connectivity index (χ1) is 7.56. The normalized spacial score (nSPS) is 20.1. The number of hydrogen-bond acceptors (Lipinski definition) is 3. The van der Waals surface area contributed by atoms with Gasteiger partial charge in [-0.2, -0.15) is 0 Å². The van der Waals surface area contributed by atoms with E-state index in [1.165, 1.54) is 11.8 Å². The molecule has 1 unspecified atom stereocenters. The minimum absolute atomic E-state index is 0.0807. The summed E-state index contributed by atoms with van der Waals surface area (Å²) in [7, 11) is 0. The molecular weight excluding hydrogens is 208 g/mol. The second kappa shape index (κ2) is 5.63. The lowest BCUT2D eigenvalue weighted by Crippen LogP contribution is -2.32. The van der Waals surface area contributed by atoms with Crippen molar-refractivity contribution in [2.45, 2.75) is 45.6 Å². The van der Waals surface area contributed by atoms with E-state index >= 15 is 0 Å². The molecule has 0 bridgehead atoms. The van der Waals surface area contributed by atoms with Crippen LogP contribution in [-0.4, -0.2) is 35.2 Å². The molecular formula is C11H18N2O3. The lowest BCUT2D eigenvalue weighted by molar-refractivity contribution is -0.128. The van der Waals surface area contributed by atoms with Crippen LogP contribution in [0.1, 0.15) is 39.5 Å². The van der Waals surface area contributed by atoms with E-state index in [9.17, 15) is 14.4 Å². The van der Waals surface area contributed by atoms with E-state index < -0.39 is 0 Å². The number of carbonyl (C=O) groups excluding carboxylic acids is 3. The number of carbonyl (C=O) groups is 3. The number of hydrogen-bond donors (Lipinski definition) is 1. The van der Waals surface area contributed by atoms with E-state index in [0.29, 0.717) is 25.8 Å². The fourth-order valence-corrected chi connectivity index (χ4v) is 1.76. The molecule has 1 aliphatic heterocycles. The Balaban J connectivity index is 2.44. The Morgan fingerprint density at radius 2 is 2.12 bits per heavy atom. The average Bonchev–Trinajstić information content (AvgIpc) is 2.45. The molecule has 1 atom stereocenters. The zero-order chi connectivity index (χ0) is 12.1. The van der Waals surface area contributed by atoms with Crippen molar-refractivity contribution >= 4 is 17.7 Å². The quantitative estimate of drug-likeness (QED) is 0.689. The maximum atomic E-state index is 11.7. The molecule has 3 amide bonds.